The van der Waals surface area contributed by atoms with Gasteiger partial charge in [0.1, 0.15) is 11.6 Å². The molecule has 0 spiro atoms. The van der Waals surface area contributed by atoms with Crippen molar-refractivity contribution in [3.8, 4) is 0 Å². The number of Topliss-reactive ketones (excluding diaryl/α,β-unsaturated/α-hetero) is 2. The molecule has 0 aromatic carbocycles. The molecule has 128 valence electrons. The van der Waals surface area contributed by atoms with Crippen LogP contribution in [0.4, 0.5) is 0 Å². The van der Waals surface area contributed by atoms with Crippen LogP contribution in [0, 0.1) is 35.0 Å². The fourth-order valence-corrected chi connectivity index (χ4v) is 4.23. The second-order valence-electron chi connectivity index (χ2n) is 8.34. The Balaban J connectivity index is 2.15. The normalized spacial score (nSPS) is 31.7. The zero-order chi connectivity index (χ0) is 17.4. The van der Waals surface area contributed by atoms with E-state index in [1.807, 2.05) is 34.6 Å². The lowest BCUT2D eigenvalue weighted by molar-refractivity contribution is -0.139. The van der Waals surface area contributed by atoms with E-state index in [0.29, 0.717) is 12.8 Å². The molecule has 0 heterocycles. The molecule has 0 saturated heterocycles. The Morgan fingerprint density at radius 3 is 2.26 bits per heavy atom. The van der Waals surface area contributed by atoms with Crippen molar-refractivity contribution < 1.29 is 14.4 Å². The molecular formula is C19H29NO3. The number of ketones is 2. The van der Waals surface area contributed by atoms with Crippen molar-refractivity contribution in [1.29, 1.82) is 0 Å². The van der Waals surface area contributed by atoms with Gasteiger partial charge < -0.3 is 5.32 Å². The van der Waals surface area contributed by atoms with E-state index in [1.165, 1.54) is 0 Å². The minimum absolute atomic E-state index is 0.0302. The summed E-state index contributed by atoms with van der Waals surface area (Å²) in [7, 11) is 0. The Kier molecular flexibility index (Phi) is 5.12. The summed E-state index contributed by atoms with van der Waals surface area (Å²) < 4.78 is 0. The molecule has 2 aliphatic carbocycles. The summed E-state index contributed by atoms with van der Waals surface area (Å²) in [6.45, 7) is 9.63. The molecule has 1 N–H and O–H groups in total. The van der Waals surface area contributed by atoms with Crippen LogP contribution in [0.1, 0.15) is 47.5 Å². The molecule has 1 amide bonds. The highest BCUT2D eigenvalue weighted by molar-refractivity contribution is 5.94. The standard InChI is InChI=1S/C19H29NO3/c1-11(8-12(2)20-10-21)17(22)15-13-6-7-14(9-13)16(15)18(23)19(3,4)5/h6-7,10-16H,8-9H2,1-5H3,(H,20,21). The monoisotopic (exact) mass is 319 g/mol. The number of nitrogens with one attached hydrogen (secondary N) is 1. The van der Waals surface area contributed by atoms with Gasteiger partial charge in [0.15, 0.2) is 0 Å². The van der Waals surface area contributed by atoms with Gasteiger partial charge in [-0.1, -0.05) is 39.8 Å². The fourth-order valence-electron chi connectivity index (χ4n) is 4.23. The maximum absolute atomic E-state index is 13.0. The van der Waals surface area contributed by atoms with Crippen molar-refractivity contribution in [1.82, 2.24) is 5.32 Å². The van der Waals surface area contributed by atoms with Gasteiger partial charge in [0.25, 0.3) is 0 Å². The third kappa shape index (κ3) is 3.56. The van der Waals surface area contributed by atoms with E-state index in [1.54, 1.807) is 0 Å². The fraction of sp³-hybridized carbons (Fsp3) is 0.737. The van der Waals surface area contributed by atoms with E-state index >= 15 is 0 Å². The molecule has 1 fully saturated rings. The topological polar surface area (TPSA) is 63.2 Å². The summed E-state index contributed by atoms with van der Waals surface area (Å²) in [6, 6.07) is -0.0302. The zero-order valence-electron chi connectivity index (χ0n) is 14.8. The van der Waals surface area contributed by atoms with E-state index < -0.39 is 5.41 Å². The van der Waals surface area contributed by atoms with Gasteiger partial charge in [0.2, 0.25) is 6.41 Å². The van der Waals surface area contributed by atoms with Crippen molar-refractivity contribution in [3.05, 3.63) is 12.2 Å². The molecule has 2 aliphatic rings. The van der Waals surface area contributed by atoms with Crippen LogP contribution in [0.3, 0.4) is 0 Å². The molecule has 0 aliphatic heterocycles. The SMILES string of the molecule is CC(CC(C)C(=O)C1C2C=CC(C2)C1C(=O)C(C)(C)C)NC=O. The number of hydrogen-bond acceptors (Lipinski definition) is 3. The quantitative estimate of drug-likeness (QED) is 0.580. The highest BCUT2D eigenvalue weighted by Gasteiger charge is 2.53. The summed E-state index contributed by atoms with van der Waals surface area (Å²) in [5.41, 5.74) is -0.420. The van der Waals surface area contributed by atoms with Crippen LogP contribution in [0.2, 0.25) is 0 Å². The van der Waals surface area contributed by atoms with Crippen molar-refractivity contribution in [3.63, 3.8) is 0 Å². The predicted octanol–water partition coefficient (Wildman–Crippen LogP) is 2.77. The number of rotatable bonds is 7. The minimum atomic E-state index is -0.420. The van der Waals surface area contributed by atoms with Gasteiger partial charge in [-0.15, -0.1) is 0 Å². The summed E-state index contributed by atoms with van der Waals surface area (Å²) >= 11 is 0. The Morgan fingerprint density at radius 2 is 1.74 bits per heavy atom. The molecule has 0 aromatic heterocycles. The Hall–Kier alpha value is -1.45. The van der Waals surface area contributed by atoms with Gasteiger partial charge in [0.05, 0.1) is 0 Å². The predicted molar refractivity (Wildman–Crippen MR) is 89.6 cm³/mol. The molecule has 6 atom stereocenters. The molecular weight excluding hydrogens is 290 g/mol. The average molecular weight is 319 g/mol. The van der Waals surface area contributed by atoms with Crippen LogP contribution in [0.15, 0.2) is 12.2 Å². The first-order chi connectivity index (χ1) is 10.7. The summed E-state index contributed by atoms with van der Waals surface area (Å²) in [5.74, 6) is 0.317. The Labute approximate surface area is 139 Å². The van der Waals surface area contributed by atoms with Gasteiger partial charge in [-0.25, -0.2) is 0 Å². The lowest BCUT2D eigenvalue weighted by Crippen LogP contribution is -2.41. The third-order valence-electron chi connectivity index (χ3n) is 5.38. The summed E-state index contributed by atoms with van der Waals surface area (Å²) in [4.78, 5) is 36.4. The van der Waals surface area contributed by atoms with E-state index in [9.17, 15) is 14.4 Å². The van der Waals surface area contributed by atoms with Crippen LogP contribution < -0.4 is 5.32 Å². The largest absolute Gasteiger partial charge is 0.356 e. The highest BCUT2D eigenvalue weighted by atomic mass is 16.1. The Bertz CT molecular complexity index is 517. The van der Waals surface area contributed by atoms with Crippen molar-refractivity contribution in [2.45, 2.75) is 53.5 Å². The molecule has 0 aromatic rings. The maximum Gasteiger partial charge on any atom is 0.207 e. The van der Waals surface area contributed by atoms with Crippen LogP contribution >= 0.6 is 0 Å². The van der Waals surface area contributed by atoms with Crippen LogP contribution in [-0.4, -0.2) is 24.0 Å². The number of carbonyl (C=O) groups excluding carboxylic acids is 3. The number of amides is 1. The zero-order valence-corrected chi connectivity index (χ0v) is 14.8. The van der Waals surface area contributed by atoms with Crippen LogP contribution in [-0.2, 0) is 14.4 Å². The average Bonchev–Trinajstić information content (AvgIpc) is 3.05. The van der Waals surface area contributed by atoms with Crippen molar-refractivity contribution >= 4 is 18.0 Å². The van der Waals surface area contributed by atoms with Gasteiger partial charge >= 0.3 is 0 Å². The first-order valence-corrected chi connectivity index (χ1v) is 8.63. The van der Waals surface area contributed by atoms with E-state index in [2.05, 4.69) is 17.5 Å². The molecule has 23 heavy (non-hydrogen) atoms. The summed E-state index contributed by atoms with van der Waals surface area (Å²) in [5, 5.41) is 2.70. The van der Waals surface area contributed by atoms with Gasteiger partial charge in [-0.3, -0.25) is 14.4 Å². The number of hydrogen-bond donors (Lipinski definition) is 1. The smallest absolute Gasteiger partial charge is 0.207 e. The molecule has 4 heteroatoms. The first kappa shape index (κ1) is 17.9. The van der Waals surface area contributed by atoms with Crippen molar-refractivity contribution in [2.75, 3.05) is 0 Å². The second kappa shape index (κ2) is 6.58. The molecule has 0 radical (unpaired) electrons. The van der Waals surface area contributed by atoms with Crippen LogP contribution in [0.25, 0.3) is 0 Å². The third-order valence-corrected chi connectivity index (χ3v) is 5.38. The number of carbonyl (C=O) groups is 3. The van der Waals surface area contributed by atoms with E-state index in [4.69, 9.17) is 0 Å². The van der Waals surface area contributed by atoms with E-state index in [-0.39, 0.29) is 47.2 Å². The molecule has 6 unspecified atom stereocenters. The minimum Gasteiger partial charge on any atom is -0.356 e. The number of fused-ring (bicyclic) bond motifs is 2. The van der Waals surface area contributed by atoms with Gasteiger partial charge in [-0.05, 0) is 31.6 Å². The van der Waals surface area contributed by atoms with Gasteiger partial charge in [-0.2, -0.15) is 0 Å². The molecule has 2 bridgehead atoms. The number of allylic oxidation sites excluding steroid dienone is 2. The maximum atomic E-state index is 13.0. The van der Waals surface area contributed by atoms with Crippen molar-refractivity contribution in [2.24, 2.45) is 35.0 Å². The lowest BCUT2D eigenvalue weighted by Gasteiger charge is -2.32. The summed E-state index contributed by atoms with van der Waals surface area (Å²) in [6.07, 6.45) is 6.47. The second-order valence-corrected chi connectivity index (χ2v) is 8.34. The van der Waals surface area contributed by atoms with Gasteiger partial charge in [0, 0.05) is 29.2 Å². The molecule has 4 nitrogen and oxygen atoms in total. The van der Waals surface area contributed by atoms with Crippen LogP contribution in [0.5, 0.6) is 0 Å². The molecule has 2 rings (SSSR count). The molecule has 1 saturated carbocycles. The first-order valence-electron chi connectivity index (χ1n) is 8.63. The highest BCUT2D eigenvalue weighted by Crippen LogP contribution is 2.51. The Morgan fingerprint density at radius 1 is 1.17 bits per heavy atom. The lowest BCUT2D eigenvalue weighted by atomic mass is 9.69. The van der Waals surface area contributed by atoms with E-state index in [0.717, 1.165) is 6.42 Å².